The van der Waals surface area contributed by atoms with Gasteiger partial charge in [0.2, 0.25) is 11.9 Å². The van der Waals surface area contributed by atoms with Crippen molar-refractivity contribution in [2.45, 2.75) is 0 Å². The SMILES string of the molecule is Cn1cc(-c2nc(N)ncc2-c2ccnc(N)n2)cn1. The third-order valence-corrected chi connectivity index (χ3v) is 2.74. The van der Waals surface area contributed by atoms with Crippen molar-refractivity contribution in [2.75, 3.05) is 11.5 Å². The molecule has 0 bridgehead atoms. The maximum absolute atomic E-state index is 5.67. The maximum atomic E-state index is 5.67. The lowest BCUT2D eigenvalue weighted by Crippen LogP contribution is -2.01. The third kappa shape index (κ3) is 2.14. The molecule has 0 spiro atoms. The minimum absolute atomic E-state index is 0.189. The summed E-state index contributed by atoms with van der Waals surface area (Å²) in [6.45, 7) is 0. The number of nitrogen functional groups attached to an aromatic ring is 2. The zero-order valence-electron chi connectivity index (χ0n) is 10.7. The van der Waals surface area contributed by atoms with Crippen LogP contribution in [0.1, 0.15) is 0 Å². The van der Waals surface area contributed by atoms with Crippen LogP contribution in [0.5, 0.6) is 0 Å². The van der Waals surface area contributed by atoms with Gasteiger partial charge < -0.3 is 11.5 Å². The molecule has 0 unspecified atom stereocenters. The fraction of sp³-hybridized carbons (Fsp3) is 0.0833. The van der Waals surface area contributed by atoms with Crippen LogP contribution in [0.3, 0.4) is 0 Å². The Morgan fingerprint density at radius 3 is 2.55 bits per heavy atom. The van der Waals surface area contributed by atoms with E-state index in [1.807, 2.05) is 13.2 Å². The van der Waals surface area contributed by atoms with Crippen LogP contribution in [0.2, 0.25) is 0 Å². The van der Waals surface area contributed by atoms with Crippen LogP contribution in [0.4, 0.5) is 11.9 Å². The fourth-order valence-corrected chi connectivity index (χ4v) is 1.87. The Bertz CT molecular complexity index is 764. The number of hydrogen-bond acceptors (Lipinski definition) is 7. The normalized spacial score (nSPS) is 10.7. The van der Waals surface area contributed by atoms with Crippen molar-refractivity contribution < 1.29 is 0 Å². The third-order valence-electron chi connectivity index (χ3n) is 2.74. The van der Waals surface area contributed by atoms with Gasteiger partial charge in [-0.1, -0.05) is 0 Å². The number of aromatic nitrogens is 6. The molecule has 3 rings (SSSR count). The van der Waals surface area contributed by atoms with Crippen molar-refractivity contribution in [3.05, 3.63) is 30.9 Å². The van der Waals surface area contributed by atoms with Crippen molar-refractivity contribution in [2.24, 2.45) is 7.05 Å². The standard InChI is InChI=1S/C12H12N8/c1-20-6-7(4-17-20)10-8(5-16-12(14)19-10)9-2-3-15-11(13)18-9/h2-6H,1H3,(H2,13,15,18)(H2,14,16,19). The van der Waals surface area contributed by atoms with Crippen molar-refractivity contribution in [1.82, 2.24) is 29.7 Å². The maximum Gasteiger partial charge on any atom is 0.220 e. The highest BCUT2D eigenvalue weighted by Crippen LogP contribution is 2.28. The lowest BCUT2D eigenvalue weighted by molar-refractivity contribution is 0.768. The number of nitrogens with zero attached hydrogens (tertiary/aromatic N) is 6. The number of anilines is 2. The van der Waals surface area contributed by atoms with E-state index in [1.165, 1.54) is 0 Å². The van der Waals surface area contributed by atoms with Crippen LogP contribution >= 0.6 is 0 Å². The molecule has 0 aliphatic heterocycles. The summed E-state index contributed by atoms with van der Waals surface area (Å²) in [5.74, 6) is 0.381. The van der Waals surface area contributed by atoms with Gasteiger partial charge in [-0.05, 0) is 6.07 Å². The Hall–Kier alpha value is -3.03. The first kappa shape index (κ1) is 12.0. The number of hydrogen-bond donors (Lipinski definition) is 2. The Morgan fingerprint density at radius 2 is 1.85 bits per heavy atom. The second-order valence-corrected chi connectivity index (χ2v) is 4.19. The molecule has 0 amide bonds. The summed E-state index contributed by atoms with van der Waals surface area (Å²) >= 11 is 0. The first-order valence-electron chi connectivity index (χ1n) is 5.84. The van der Waals surface area contributed by atoms with Gasteiger partial charge in [0.15, 0.2) is 0 Å². The van der Waals surface area contributed by atoms with Crippen LogP contribution in [-0.2, 0) is 7.05 Å². The molecule has 0 aliphatic rings. The molecule has 3 heterocycles. The monoisotopic (exact) mass is 268 g/mol. The average molecular weight is 268 g/mol. The highest BCUT2D eigenvalue weighted by atomic mass is 15.2. The van der Waals surface area contributed by atoms with E-state index in [0.29, 0.717) is 11.4 Å². The summed E-state index contributed by atoms with van der Waals surface area (Å²) in [6, 6.07) is 1.74. The summed E-state index contributed by atoms with van der Waals surface area (Å²) in [5, 5.41) is 4.13. The predicted molar refractivity (Wildman–Crippen MR) is 74.1 cm³/mol. The van der Waals surface area contributed by atoms with Crippen LogP contribution in [0.15, 0.2) is 30.9 Å². The van der Waals surface area contributed by atoms with Crippen LogP contribution in [0.25, 0.3) is 22.5 Å². The molecule has 0 aromatic carbocycles. The van der Waals surface area contributed by atoms with Crippen LogP contribution in [0, 0.1) is 0 Å². The van der Waals surface area contributed by atoms with E-state index >= 15 is 0 Å². The lowest BCUT2D eigenvalue weighted by atomic mass is 10.1. The van der Waals surface area contributed by atoms with Gasteiger partial charge in [-0.3, -0.25) is 4.68 Å². The average Bonchev–Trinajstić information content (AvgIpc) is 2.85. The molecule has 8 nitrogen and oxygen atoms in total. The summed E-state index contributed by atoms with van der Waals surface area (Å²) in [5.41, 5.74) is 14.1. The first-order chi connectivity index (χ1) is 9.63. The highest BCUT2D eigenvalue weighted by Gasteiger charge is 2.13. The predicted octanol–water partition coefficient (Wildman–Crippen LogP) is 0.498. The van der Waals surface area contributed by atoms with E-state index in [9.17, 15) is 0 Å². The molecule has 8 heteroatoms. The molecular formula is C12H12N8. The van der Waals surface area contributed by atoms with Crippen molar-refractivity contribution >= 4 is 11.9 Å². The molecule has 0 saturated heterocycles. The van der Waals surface area contributed by atoms with Crippen molar-refractivity contribution in [3.8, 4) is 22.5 Å². The van der Waals surface area contributed by atoms with Gasteiger partial charge in [-0.25, -0.2) is 19.9 Å². The summed E-state index contributed by atoms with van der Waals surface area (Å²) in [4.78, 5) is 16.4. The van der Waals surface area contributed by atoms with Crippen LogP contribution < -0.4 is 11.5 Å². The number of aryl methyl sites for hydroxylation is 1. The van der Waals surface area contributed by atoms with E-state index in [0.717, 1.165) is 11.1 Å². The van der Waals surface area contributed by atoms with E-state index in [1.54, 1.807) is 29.3 Å². The smallest absolute Gasteiger partial charge is 0.220 e. The Labute approximate surface area is 114 Å². The highest BCUT2D eigenvalue weighted by molar-refractivity contribution is 5.78. The van der Waals surface area contributed by atoms with Crippen molar-refractivity contribution in [3.63, 3.8) is 0 Å². The molecule has 4 N–H and O–H groups in total. The van der Waals surface area contributed by atoms with Gasteiger partial charge in [0, 0.05) is 36.8 Å². The van der Waals surface area contributed by atoms with E-state index in [2.05, 4.69) is 25.0 Å². The van der Waals surface area contributed by atoms with Gasteiger partial charge in [0.1, 0.15) is 0 Å². The van der Waals surface area contributed by atoms with E-state index < -0.39 is 0 Å². The Kier molecular flexibility index (Phi) is 2.75. The van der Waals surface area contributed by atoms with Gasteiger partial charge in [0.25, 0.3) is 0 Å². The molecule has 20 heavy (non-hydrogen) atoms. The zero-order chi connectivity index (χ0) is 14.1. The molecular weight excluding hydrogens is 256 g/mol. The fourth-order valence-electron chi connectivity index (χ4n) is 1.87. The molecule has 3 aromatic rings. The molecule has 0 saturated carbocycles. The van der Waals surface area contributed by atoms with E-state index in [4.69, 9.17) is 11.5 Å². The lowest BCUT2D eigenvalue weighted by Gasteiger charge is -2.07. The Morgan fingerprint density at radius 1 is 1.05 bits per heavy atom. The largest absolute Gasteiger partial charge is 0.368 e. The van der Waals surface area contributed by atoms with Gasteiger partial charge in [0.05, 0.1) is 17.6 Å². The summed E-state index contributed by atoms with van der Waals surface area (Å²) < 4.78 is 1.69. The van der Waals surface area contributed by atoms with E-state index in [-0.39, 0.29) is 11.9 Å². The van der Waals surface area contributed by atoms with Gasteiger partial charge >= 0.3 is 0 Å². The molecule has 0 radical (unpaired) electrons. The Balaban J connectivity index is 2.21. The summed E-state index contributed by atoms with van der Waals surface area (Å²) in [7, 11) is 1.83. The topological polar surface area (TPSA) is 121 Å². The first-order valence-corrected chi connectivity index (χ1v) is 5.84. The van der Waals surface area contributed by atoms with Crippen LogP contribution in [-0.4, -0.2) is 29.7 Å². The molecule has 3 aromatic heterocycles. The van der Waals surface area contributed by atoms with Gasteiger partial charge in [-0.2, -0.15) is 5.10 Å². The quantitative estimate of drug-likeness (QED) is 0.693. The zero-order valence-corrected chi connectivity index (χ0v) is 10.7. The number of nitrogens with two attached hydrogens (primary N) is 2. The minimum atomic E-state index is 0.189. The second kappa shape index (κ2) is 4.57. The van der Waals surface area contributed by atoms with Gasteiger partial charge in [-0.15, -0.1) is 0 Å². The molecule has 0 fully saturated rings. The minimum Gasteiger partial charge on any atom is -0.368 e. The number of rotatable bonds is 2. The second-order valence-electron chi connectivity index (χ2n) is 4.19. The van der Waals surface area contributed by atoms with Crippen molar-refractivity contribution in [1.29, 1.82) is 0 Å². The molecule has 0 aliphatic carbocycles. The molecule has 100 valence electrons. The summed E-state index contributed by atoms with van der Waals surface area (Å²) in [6.07, 6.45) is 6.75. The molecule has 0 atom stereocenters.